The summed E-state index contributed by atoms with van der Waals surface area (Å²) in [5.41, 5.74) is 0. The summed E-state index contributed by atoms with van der Waals surface area (Å²) in [5.74, 6) is 2.07. The van der Waals surface area contributed by atoms with E-state index < -0.39 is 0 Å². The molecule has 0 spiro atoms. The highest BCUT2D eigenvalue weighted by atomic mass is 16.5. The van der Waals surface area contributed by atoms with E-state index in [1.54, 1.807) is 24.8 Å². The van der Waals surface area contributed by atoms with Crippen molar-refractivity contribution < 1.29 is 9.47 Å². The van der Waals surface area contributed by atoms with Gasteiger partial charge in [-0.05, 0) is 26.0 Å². The average molecular weight is 329 g/mol. The van der Waals surface area contributed by atoms with Crippen molar-refractivity contribution in [2.75, 3.05) is 31.2 Å². The summed E-state index contributed by atoms with van der Waals surface area (Å²) in [4.78, 5) is 15.1. The number of rotatable bonds is 6. The summed E-state index contributed by atoms with van der Waals surface area (Å²) in [5, 5.41) is 3.42. The predicted molar refractivity (Wildman–Crippen MR) is 91.5 cm³/mol. The van der Waals surface area contributed by atoms with Crippen LogP contribution in [0.5, 0.6) is 11.6 Å². The fourth-order valence-electron chi connectivity index (χ4n) is 2.88. The van der Waals surface area contributed by atoms with Crippen LogP contribution in [0.3, 0.4) is 0 Å². The zero-order chi connectivity index (χ0) is 16.8. The van der Waals surface area contributed by atoms with Gasteiger partial charge in [-0.3, -0.25) is 4.98 Å². The van der Waals surface area contributed by atoms with Crippen molar-refractivity contribution in [3.8, 4) is 11.6 Å². The highest BCUT2D eigenvalue weighted by molar-refractivity contribution is 5.50. The van der Waals surface area contributed by atoms with Crippen LogP contribution in [0.25, 0.3) is 0 Å². The van der Waals surface area contributed by atoms with Crippen molar-refractivity contribution in [2.24, 2.45) is 0 Å². The minimum absolute atomic E-state index is 0.333. The Hall–Kier alpha value is -2.41. The molecule has 24 heavy (non-hydrogen) atoms. The zero-order valence-corrected chi connectivity index (χ0v) is 14.1. The minimum atomic E-state index is 0.333. The minimum Gasteiger partial charge on any atom is -0.488 e. The lowest BCUT2D eigenvalue weighted by atomic mass is 10.1. The third-order valence-corrected chi connectivity index (χ3v) is 3.95. The molecule has 128 valence electrons. The second-order valence-corrected chi connectivity index (χ2v) is 5.83. The topological polar surface area (TPSA) is 72.4 Å². The monoisotopic (exact) mass is 329 g/mol. The number of piperazine rings is 1. The maximum atomic E-state index is 5.83. The van der Waals surface area contributed by atoms with Gasteiger partial charge in [0, 0.05) is 43.8 Å². The van der Waals surface area contributed by atoms with Crippen LogP contribution < -0.4 is 19.7 Å². The van der Waals surface area contributed by atoms with Crippen LogP contribution >= 0.6 is 0 Å². The molecule has 3 heterocycles. The smallest absolute Gasteiger partial charge is 0.257 e. The lowest BCUT2D eigenvalue weighted by molar-refractivity contribution is 0.210. The molecule has 2 aromatic rings. The van der Waals surface area contributed by atoms with E-state index in [1.165, 1.54) is 0 Å². The normalized spacial score (nSPS) is 20.7. The molecule has 3 rings (SSSR count). The first-order valence-electron chi connectivity index (χ1n) is 8.21. The van der Waals surface area contributed by atoms with Crippen LogP contribution in [-0.2, 0) is 0 Å². The molecule has 1 saturated heterocycles. The van der Waals surface area contributed by atoms with E-state index in [2.05, 4.69) is 39.0 Å². The SMILES string of the molecule is CC1CNCC(C)N1c1nccnc1OCCOc1cccnc1. The Morgan fingerprint density at radius 1 is 1.08 bits per heavy atom. The van der Waals surface area contributed by atoms with Crippen LogP contribution in [0.1, 0.15) is 13.8 Å². The van der Waals surface area contributed by atoms with Crippen LogP contribution in [0, 0.1) is 0 Å². The van der Waals surface area contributed by atoms with E-state index in [1.807, 2.05) is 12.1 Å². The van der Waals surface area contributed by atoms with Gasteiger partial charge >= 0.3 is 0 Å². The van der Waals surface area contributed by atoms with Crippen molar-refractivity contribution in [1.29, 1.82) is 0 Å². The molecule has 1 N–H and O–H groups in total. The molecular formula is C17H23N5O2. The third-order valence-electron chi connectivity index (χ3n) is 3.95. The van der Waals surface area contributed by atoms with Gasteiger partial charge in [-0.2, -0.15) is 0 Å². The average Bonchev–Trinajstić information content (AvgIpc) is 2.61. The number of hydrogen-bond donors (Lipinski definition) is 1. The van der Waals surface area contributed by atoms with Crippen molar-refractivity contribution >= 4 is 5.82 Å². The largest absolute Gasteiger partial charge is 0.488 e. The first kappa shape index (κ1) is 16.4. The van der Waals surface area contributed by atoms with E-state index in [9.17, 15) is 0 Å². The molecule has 0 aliphatic carbocycles. The molecule has 2 unspecified atom stereocenters. The first-order valence-corrected chi connectivity index (χ1v) is 8.21. The maximum absolute atomic E-state index is 5.83. The van der Waals surface area contributed by atoms with E-state index >= 15 is 0 Å². The fourth-order valence-corrected chi connectivity index (χ4v) is 2.88. The molecule has 0 bridgehead atoms. The van der Waals surface area contributed by atoms with Gasteiger partial charge in [0.05, 0.1) is 6.20 Å². The summed E-state index contributed by atoms with van der Waals surface area (Å²) in [6.07, 6.45) is 6.75. The number of anilines is 1. The quantitative estimate of drug-likeness (QED) is 0.806. The summed E-state index contributed by atoms with van der Waals surface area (Å²) in [6.45, 7) is 7.01. The molecule has 7 heteroatoms. The number of nitrogens with zero attached hydrogens (tertiary/aromatic N) is 4. The van der Waals surface area contributed by atoms with Gasteiger partial charge in [0.15, 0.2) is 5.82 Å². The van der Waals surface area contributed by atoms with Crippen molar-refractivity contribution in [1.82, 2.24) is 20.3 Å². The Morgan fingerprint density at radius 3 is 2.58 bits per heavy atom. The lowest BCUT2D eigenvalue weighted by Gasteiger charge is -2.40. The molecule has 0 aromatic carbocycles. The number of aromatic nitrogens is 3. The first-order chi connectivity index (χ1) is 11.8. The Balaban J connectivity index is 1.61. The Bertz CT molecular complexity index is 630. The number of nitrogens with one attached hydrogen (secondary N) is 1. The van der Waals surface area contributed by atoms with Gasteiger partial charge < -0.3 is 19.7 Å². The lowest BCUT2D eigenvalue weighted by Crippen LogP contribution is -2.55. The highest BCUT2D eigenvalue weighted by Gasteiger charge is 2.28. The number of pyridine rings is 1. The van der Waals surface area contributed by atoms with Gasteiger partial charge in [0.1, 0.15) is 19.0 Å². The Morgan fingerprint density at radius 2 is 1.83 bits per heavy atom. The fraction of sp³-hybridized carbons (Fsp3) is 0.471. The second-order valence-electron chi connectivity index (χ2n) is 5.83. The zero-order valence-electron chi connectivity index (χ0n) is 14.1. The third kappa shape index (κ3) is 3.91. The molecule has 7 nitrogen and oxygen atoms in total. The van der Waals surface area contributed by atoms with Gasteiger partial charge in [-0.15, -0.1) is 0 Å². The summed E-state index contributed by atoms with van der Waals surface area (Å²) in [7, 11) is 0. The molecular weight excluding hydrogens is 306 g/mol. The van der Waals surface area contributed by atoms with Crippen molar-refractivity contribution in [2.45, 2.75) is 25.9 Å². The van der Waals surface area contributed by atoms with Gasteiger partial charge in [-0.25, -0.2) is 9.97 Å². The van der Waals surface area contributed by atoms with Crippen molar-refractivity contribution in [3.63, 3.8) is 0 Å². The Kier molecular flexibility index (Phi) is 5.43. The van der Waals surface area contributed by atoms with Crippen LogP contribution in [0.4, 0.5) is 5.82 Å². The maximum Gasteiger partial charge on any atom is 0.257 e. The predicted octanol–water partition coefficient (Wildman–Crippen LogP) is 1.52. The molecule has 0 radical (unpaired) electrons. The molecule has 1 aliphatic heterocycles. The van der Waals surface area contributed by atoms with Crippen LogP contribution in [-0.4, -0.2) is 53.3 Å². The van der Waals surface area contributed by atoms with Gasteiger partial charge in [-0.1, -0.05) is 0 Å². The molecule has 2 atom stereocenters. The molecule has 1 fully saturated rings. The summed E-state index contributed by atoms with van der Waals surface area (Å²) >= 11 is 0. The van der Waals surface area contributed by atoms with Gasteiger partial charge in [0.25, 0.3) is 5.88 Å². The molecule has 1 aliphatic rings. The number of ether oxygens (including phenoxy) is 2. The van der Waals surface area contributed by atoms with E-state index in [0.717, 1.165) is 24.7 Å². The summed E-state index contributed by atoms with van der Waals surface area (Å²) in [6, 6.07) is 4.37. The standard InChI is InChI=1S/C17H23N5O2/c1-13-10-19-11-14(2)22(13)16-17(21-7-6-20-16)24-9-8-23-15-4-3-5-18-12-15/h3-7,12-14,19H,8-11H2,1-2H3. The van der Waals surface area contributed by atoms with Gasteiger partial charge in [0.2, 0.25) is 0 Å². The van der Waals surface area contributed by atoms with Crippen LogP contribution in [0.2, 0.25) is 0 Å². The number of hydrogen-bond acceptors (Lipinski definition) is 7. The molecule has 0 saturated carbocycles. The molecule has 2 aromatic heterocycles. The van der Waals surface area contributed by atoms with Crippen LogP contribution in [0.15, 0.2) is 36.9 Å². The summed E-state index contributed by atoms with van der Waals surface area (Å²) < 4.78 is 11.4. The highest BCUT2D eigenvalue weighted by Crippen LogP contribution is 2.27. The molecule has 0 amide bonds. The van der Waals surface area contributed by atoms with E-state index in [4.69, 9.17) is 9.47 Å². The van der Waals surface area contributed by atoms with Crippen molar-refractivity contribution in [3.05, 3.63) is 36.9 Å². The van der Waals surface area contributed by atoms with E-state index in [0.29, 0.717) is 31.2 Å². The van der Waals surface area contributed by atoms with E-state index in [-0.39, 0.29) is 0 Å². The Labute approximate surface area is 142 Å². The second kappa shape index (κ2) is 7.92.